The fourth-order valence-corrected chi connectivity index (χ4v) is 4.11. The highest BCUT2D eigenvalue weighted by Gasteiger charge is 2.23. The molecule has 0 bridgehead atoms. The molecule has 2 atom stereocenters. The quantitative estimate of drug-likeness (QED) is 0.545. The topological polar surface area (TPSA) is 149 Å². The van der Waals surface area contributed by atoms with Crippen molar-refractivity contribution in [1.29, 1.82) is 0 Å². The molecule has 0 aliphatic carbocycles. The van der Waals surface area contributed by atoms with Crippen LogP contribution < -0.4 is 16.1 Å². The van der Waals surface area contributed by atoms with Gasteiger partial charge in [-0.15, -0.1) is 5.10 Å². The zero-order chi connectivity index (χ0) is 20.3. The largest absolute Gasteiger partial charge is 0.376 e. The van der Waals surface area contributed by atoms with Crippen molar-refractivity contribution in [3.8, 4) is 0 Å². The summed E-state index contributed by atoms with van der Waals surface area (Å²) in [5.41, 5.74) is 0.0906. The lowest BCUT2D eigenvalue weighted by molar-refractivity contribution is -0.115. The molecule has 1 aliphatic heterocycles. The summed E-state index contributed by atoms with van der Waals surface area (Å²) in [6.45, 7) is 2.76. The molecule has 1 saturated heterocycles. The Kier molecular flexibility index (Phi) is 6.23. The van der Waals surface area contributed by atoms with Crippen LogP contribution in [0, 0.1) is 0 Å². The second kappa shape index (κ2) is 8.47. The maximum absolute atomic E-state index is 12.4. The zero-order valence-electron chi connectivity index (χ0n) is 15.1. The number of carbonyl (C=O) groups is 1. The van der Waals surface area contributed by atoms with Crippen LogP contribution in [-0.4, -0.2) is 47.1 Å². The number of hydrogen-bond donors (Lipinski definition) is 3. The third-order valence-electron chi connectivity index (χ3n) is 4.24. The summed E-state index contributed by atoms with van der Waals surface area (Å²) < 4.78 is 29.6. The first-order valence-corrected chi connectivity index (χ1v) is 11.0. The monoisotopic (exact) mass is 427 g/mol. The zero-order valence-corrected chi connectivity index (χ0v) is 16.8. The van der Waals surface area contributed by atoms with E-state index in [0.717, 1.165) is 24.6 Å². The van der Waals surface area contributed by atoms with Crippen molar-refractivity contribution >= 4 is 33.4 Å². The molecule has 12 heteroatoms. The fourth-order valence-electron chi connectivity index (χ4n) is 2.73. The molecule has 1 amide bonds. The molecule has 10 nitrogen and oxygen atoms in total. The van der Waals surface area contributed by atoms with Crippen molar-refractivity contribution in [2.75, 3.05) is 11.9 Å². The number of ether oxygens (including phenoxy) is 1. The van der Waals surface area contributed by atoms with Crippen LogP contribution in [0.3, 0.4) is 0 Å². The van der Waals surface area contributed by atoms with Crippen LogP contribution in [0.15, 0.2) is 39.1 Å². The summed E-state index contributed by atoms with van der Waals surface area (Å²) in [6, 6.07) is 5.54. The standard InChI is InChI=1S/C16H21N5O5S2/c1-10(14(22)18-11-4-6-13(7-5-11)28(17,24)25)27-16-20-19-15(23)21(16)9-12-3-2-8-26-12/h4-7,10,12H,2-3,8-9H2,1H3,(H,18,22)(H,19,23)(H2,17,24,25). The molecule has 0 radical (unpaired) electrons. The lowest BCUT2D eigenvalue weighted by Crippen LogP contribution is -2.27. The number of H-pyrrole nitrogens is 1. The van der Waals surface area contributed by atoms with Gasteiger partial charge >= 0.3 is 5.69 Å². The van der Waals surface area contributed by atoms with E-state index in [1.165, 1.54) is 28.8 Å². The second-order valence-corrected chi connectivity index (χ2v) is 9.25. The number of hydrogen-bond acceptors (Lipinski definition) is 7. The minimum atomic E-state index is -3.79. The number of amides is 1. The lowest BCUT2D eigenvalue weighted by atomic mass is 10.2. The number of nitrogens with zero attached hydrogens (tertiary/aromatic N) is 2. The number of thioether (sulfide) groups is 1. The molecule has 2 aromatic rings. The number of nitrogens with one attached hydrogen (secondary N) is 2. The van der Waals surface area contributed by atoms with Crippen molar-refractivity contribution in [3.63, 3.8) is 0 Å². The van der Waals surface area contributed by atoms with Gasteiger partial charge < -0.3 is 10.1 Å². The van der Waals surface area contributed by atoms with E-state index < -0.39 is 15.3 Å². The van der Waals surface area contributed by atoms with E-state index in [9.17, 15) is 18.0 Å². The molecule has 1 fully saturated rings. The number of anilines is 1. The molecule has 28 heavy (non-hydrogen) atoms. The smallest absolute Gasteiger partial charge is 0.344 e. The Balaban J connectivity index is 1.64. The van der Waals surface area contributed by atoms with Crippen molar-refractivity contribution in [1.82, 2.24) is 14.8 Å². The number of nitrogens with two attached hydrogens (primary N) is 1. The van der Waals surface area contributed by atoms with Crippen molar-refractivity contribution in [2.45, 2.75) is 47.7 Å². The number of sulfonamides is 1. The highest BCUT2D eigenvalue weighted by Crippen LogP contribution is 2.23. The summed E-state index contributed by atoms with van der Waals surface area (Å²) in [4.78, 5) is 24.4. The number of benzene rings is 1. The Morgan fingerprint density at radius 2 is 2.18 bits per heavy atom. The maximum atomic E-state index is 12.4. The number of primary sulfonamides is 1. The van der Waals surface area contributed by atoms with Crippen molar-refractivity contribution in [3.05, 3.63) is 34.7 Å². The average Bonchev–Trinajstić information content (AvgIpc) is 3.27. The van der Waals surface area contributed by atoms with Crippen LogP contribution >= 0.6 is 11.8 Å². The molecule has 1 aromatic carbocycles. The summed E-state index contributed by atoms with van der Waals surface area (Å²) in [5.74, 6) is -0.313. The lowest BCUT2D eigenvalue weighted by Gasteiger charge is -2.14. The molecule has 1 aliphatic rings. The minimum Gasteiger partial charge on any atom is -0.376 e. The van der Waals surface area contributed by atoms with Crippen molar-refractivity contribution < 1.29 is 17.9 Å². The number of aromatic nitrogens is 3. The molecule has 4 N–H and O–H groups in total. The van der Waals surface area contributed by atoms with Crippen LogP contribution in [0.5, 0.6) is 0 Å². The van der Waals surface area contributed by atoms with Gasteiger partial charge in [0.2, 0.25) is 15.9 Å². The predicted octanol–water partition coefficient (Wildman–Crippen LogP) is 0.517. The van der Waals surface area contributed by atoms with Crippen LogP contribution in [0.2, 0.25) is 0 Å². The first-order chi connectivity index (χ1) is 13.2. The Labute approximate surface area is 165 Å². The van der Waals surface area contributed by atoms with E-state index in [4.69, 9.17) is 9.88 Å². The average molecular weight is 428 g/mol. The van der Waals surface area contributed by atoms with Crippen LogP contribution in [-0.2, 0) is 26.1 Å². The molecular formula is C16H21N5O5S2. The molecular weight excluding hydrogens is 406 g/mol. The fraction of sp³-hybridized carbons (Fsp3) is 0.438. The minimum absolute atomic E-state index is 0.0314. The Hall–Kier alpha value is -2.15. The van der Waals surface area contributed by atoms with Gasteiger partial charge in [0.25, 0.3) is 0 Å². The number of carbonyl (C=O) groups excluding carboxylic acids is 1. The third-order valence-corrected chi connectivity index (χ3v) is 6.25. The molecule has 2 heterocycles. The summed E-state index contributed by atoms with van der Waals surface area (Å²) in [5, 5.41) is 14.0. The number of aromatic amines is 1. The number of rotatable bonds is 7. The second-order valence-electron chi connectivity index (χ2n) is 6.38. The predicted molar refractivity (Wildman–Crippen MR) is 104 cm³/mol. The molecule has 0 spiro atoms. The van der Waals surface area contributed by atoms with E-state index >= 15 is 0 Å². The first-order valence-electron chi connectivity index (χ1n) is 8.61. The van der Waals surface area contributed by atoms with Gasteiger partial charge in [-0.2, -0.15) is 0 Å². The van der Waals surface area contributed by atoms with Gasteiger partial charge in [0.15, 0.2) is 5.16 Å². The first kappa shape index (κ1) is 20.6. The van der Waals surface area contributed by atoms with E-state index in [1.54, 1.807) is 6.92 Å². The molecule has 152 valence electrons. The molecule has 2 unspecified atom stereocenters. The van der Waals surface area contributed by atoms with Gasteiger partial charge in [0.1, 0.15) is 0 Å². The van der Waals surface area contributed by atoms with Gasteiger partial charge in [0.05, 0.1) is 22.8 Å². The van der Waals surface area contributed by atoms with Gasteiger partial charge in [-0.25, -0.2) is 23.4 Å². The van der Waals surface area contributed by atoms with E-state index in [-0.39, 0.29) is 22.6 Å². The van der Waals surface area contributed by atoms with Gasteiger partial charge in [-0.1, -0.05) is 11.8 Å². The Morgan fingerprint density at radius 3 is 2.79 bits per heavy atom. The third kappa shape index (κ3) is 5.01. The van der Waals surface area contributed by atoms with Gasteiger partial charge in [-0.05, 0) is 44.0 Å². The highest BCUT2D eigenvalue weighted by atomic mass is 32.2. The molecule has 1 aromatic heterocycles. The Morgan fingerprint density at radius 1 is 1.46 bits per heavy atom. The summed E-state index contributed by atoms with van der Waals surface area (Å²) in [7, 11) is -3.79. The van der Waals surface area contributed by atoms with Crippen LogP contribution in [0.4, 0.5) is 5.69 Å². The SMILES string of the molecule is CC(Sc1n[nH]c(=O)n1CC1CCCO1)C(=O)Nc1ccc(S(N)(=O)=O)cc1. The summed E-state index contributed by atoms with van der Waals surface area (Å²) in [6.07, 6.45) is 1.81. The normalized spacial score (nSPS) is 18.1. The van der Waals surface area contributed by atoms with Crippen molar-refractivity contribution in [2.24, 2.45) is 5.14 Å². The van der Waals surface area contributed by atoms with E-state index in [2.05, 4.69) is 15.5 Å². The molecule has 3 rings (SSSR count). The Bertz CT molecular complexity index is 993. The highest BCUT2D eigenvalue weighted by molar-refractivity contribution is 8.00. The van der Waals surface area contributed by atoms with E-state index in [0.29, 0.717) is 24.0 Å². The van der Waals surface area contributed by atoms with Gasteiger partial charge in [-0.3, -0.25) is 9.36 Å². The summed E-state index contributed by atoms with van der Waals surface area (Å²) >= 11 is 1.15. The maximum Gasteiger partial charge on any atom is 0.344 e. The van der Waals surface area contributed by atoms with Gasteiger partial charge in [0, 0.05) is 12.3 Å². The van der Waals surface area contributed by atoms with E-state index in [1.807, 2.05) is 0 Å². The van der Waals surface area contributed by atoms with Crippen LogP contribution in [0.1, 0.15) is 19.8 Å². The molecule has 0 saturated carbocycles. The van der Waals surface area contributed by atoms with Crippen LogP contribution in [0.25, 0.3) is 0 Å².